The summed E-state index contributed by atoms with van der Waals surface area (Å²) >= 11 is 6.81. The quantitative estimate of drug-likeness (QED) is 0.618. The van der Waals surface area contributed by atoms with Gasteiger partial charge in [0.15, 0.2) is 0 Å². The summed E-state index contributed by atoms with van der Waals surface area (Å²) in [7, 11) is 0. The van der Waals surface area contributed by atoms with Crippen LogP contribution in [0.15, 0.2) is 47.4 Å². The van der Waals surface area contributed by atoms with Gasteiger partial charge in [-0.1, -0.05) is 24.4 Å². The Kier molecular flexibility index (Phi) is 5.47. The first-order chi connectivity index (χ1) is 10.2. The largest absolute Gasteiger partial charge is 0.494 e. The third-order valence-corrected chi connectivity index (χ3v) is 3.90. The summed E-state index contributed by atoms with van der Waals surface area (Å²) in [5, 5.41) is 3.37. The molecule has 2 aromatic rings. The van der Waals surface area contributed by atoms with E-state index < -0.39 is 0 Å². The maximum absolute atomic E-state index is 5.88. The lowest BCUT2D eigenvalue weighted by atomic mass is 10.1. The van der Waals surface area contributed by atoms with E-state index in [0.717, 1.165) is 27.6 Å². The second kappa shape index (κ2) is 7.33. The fourth-order valence-electron chi connectivity index (χ4n) is 2.05. The average Bonchev–Trinajstić information content (AvgIpc) is 2.47. The third kappa shape index (κ3) is 3.89. The van der Waals surface area contributed by atoms with Gasteiger partial charge in [-0.25, -0.2) is 0 Å². The second-order valence-electron chi connectivity index (χ2n) is 4.33. The Labute approximate surface area is 134 Å². The van der Waals surface area contributed by atoms with Gasteiger partial charge >= 0.3 is 0 Å². The summed E-state index contributed by atoms with van der Waals surface area (Å²) in [6, 6.07) is 13.8. The van der Waals surface area contributed by atoms with Crippen molar-refractivity contribution in [3.63, 3.8) is 0 Å². The first-order valence-corrected chi connectivity index (χ1v) is 8.25. The summed E-state index contributed by atoms with van der Waals surface area (Å²) in [6.45, 7) is 2.61. The Balaban J connectivity index is 2.35. The van der Waals surface area contributed by atoms with Crippen LogP contribution in [0.5, 0.6) is 5.75 Å². The van der Waals surface area contributed by atoms with E-state index >= 15 is 0 Å². The molecular weight excluding hydrogens is 300 g/mol. The van der Waals surface area contributed by atoms with Gasteiger partial charge in [0.2, 0.25) is 0 Å². The molecule has 0 aromatic heterocycles. The fraction of sp³-hybridized carbons (Fsp3) is 0.188. The lowest BCUT2D eigenvalue weighted by Gasteiger charge is -2.15. The zero-order valence-electron chi connectivity index (χ0n) is 12.1. The lowest BCUT2D eigenvalue weighted by molar-refractivity contribution is 0.340. The van der Waals surface area contributed by atoms with Gasteiger partial charge in [-0.05, 0) is 37.4 Å². The van der Waals surface area contributed by atoms with Crippen molar-refractivity contribution in [2.24, 2.45) is 5.73 Å². The molecule has 2 aromatic carbocycles. The monoisotopic (exact) mass is 318 g/mol. The van der Waals surface area contributed by atoms with Gasteiger partial charge in [0.05, 0.1) is 6.61 Å². The highest BCUT2D eigenvalue weighted by Gasteiger charge is 2.11. The van der Waals surface area contributed by atoms with Crippen molar-refractivity contribution >= 4 is 40.3 Å². The number of anilines is 2. The van der Waals surface area contributed by atoms with Crippen molar-refractivity contribution in [1.29, 1.82) is 0 Å². The van der Waals surface area contributed by atoms with Crippen LogP contribution in [0.1, 0.15) is 12.5 Å². The molecule has 0 aliphatic rings. The molecule has 0 fully saturated rings. The topological polar surface area (TPSA) is 47.3 Å². The standard InChI is InChI=1S/C16H18N2OS2/c1-3-19-12-7-4-6-11(10-12)18-13-8-5-9-14(21-2)15(13)16(17)20/h4-10,18H,3H2,1-2H3,(H2,17,20). The number of hydrogen-bond acceptors (Lipinski definition) is 4. The molecule has 0 spiro atoms. The molecule has 0 radical (unpaired) electrons. The number of hydrogen-bond donors (Lipinski definition) is 2. The predicted octanol–water partition coefficient (Wildman–Crippen LogP) is 4.19. The van der Waals surface area contributed by atoms with E-state index in [-0.39, 0.29) is 0 Å². The molecule has 0 aliphatic heterocycles. The van der Waals surface area contributed by atoms with Crippen LogP contribution in [0.3, 0.4) is 0 Å². The summed E-state index contributed by atoms with van der Waals surface area (Å²) in [5.41, 5.74) is 8.60. The highest BCUT2D eigenvalue weighted by atomic mass is 32.2. The minimum atomic E-state index is 0.392. The number of nitrogens with two attached hydrogens (primary N) is 1. The Morgan fingerprint density at radius 2 is 2.05 bits per heavy atom. The molecule has 0 saturated heterocycles. The second-order valence-corrected chi connectivity index (χ2v) is 5.62. The van der Waals surface area contributed by atoms with Gasteiger partial charge in [-0.2, -0.15) is 0 Å². The Morgan fingerprint density at radius 1 is 1.29 bits per heavy atom. The number of ether oxygens (including phenoxy) is 1. The van der Waals surface area contributed by atoms with Crippen LogP contribution >= 0.6 is 24.0 Å². The van der Waals surface area contributed by atoms with E-state index in [2.05, 4.69) is 5.32 Å². The molecule has 0 heterocycles. The Bertz CT molecular complexity index is 644. The van der Waals surface area contributed by atoms with Crippen LogP contribution < -0.4 is 15.8 Å². The minimum Gasteiger partial charge on any atom is -0.494 e. The van der Waals surface area contributed by atoms with Crippen LogP contribution in [-0.2, 0) is 0 Å². The van der Waals surface area contributed by atoms with Gasteiger partial charge in [-0.15, -0.1) is 11.8 Å². The molecule has 0 atom stereocenters. The third-order valence-electron chi connectivity index (χ3n) is 2.92. The highest BCUT2D eigenvalue weighted by molar-refractivity contribution is 7.98. The van der Waals surface area contributed by atoms with Gasteiger partial charge in [0.25, 0.3) is 0 Å². The van der Waals surface area contributed by atoms with Gasteiger partial charge < -0.3 is 15.8 Å². The van der Waals surface area contributed by atoms with Gasteiger partial charge in [0, 0.05) is 27.9 Å². The molecule has 0 aliphatic carbocycles. The van der Waals surface area contributed by atoms with Crippen LogP contribution in [0.4, 0.5) is 11.4 Å². The van der Waals surface area contributed by atoms with Crippen LogP contribution in [0.25, 0.3) is 0 Å². The van der Waals surface area contributed by atoms with E-state index in [1.54, 1.807) is 11.8 Å². The summed E-state index contributed by atoms with van der Waals surface area (Å²) < 4.78 is 5.51. The van der Waals surface area contributed by atoms with Crippen molar-refractivity contribution in [2.75, 3.05) is 18.2 Å². The van der Waals surface area contributed by atoms with Gasteiger partial charge in [0.1, 0.15) is 10.7 Å². The van der Waals surface area contributed by atoms with E-state index in [1.165, 1.54) is 0 Å². The van der Waals surface area contributed by atoms with Crippen molar-refractivity contribution in [3.8, 4) is 5.75 Å². The van der Waals surface area contributed by atoms with E-state index in [1.807, 2.05) is 55.6 Å². The molecular formula is C16H18N2OS2. The SMILES string of the molecule is CCOc1cccc(Nc2cccc(SC)c2C(N)=S)c1. The summed E-state index contributed by atoms with van der Waals surface area (Å²) in [4.78, 5) is 1.46. The number of benzene rings is 2. The van der Waals surface area contributed by atoms with E-state index in [4.69, 9.17) is 22.7 Å². The van der Waals surface area contributed by atoms with Gasteiger partial charge in [-0.3, -0.25) is 0 Å². The highest BCUT2D eigenvalue weighted by Crippen LogP contribution is 2.30. The molecule has 21 heavy (non-hydrogen) atoms. The summed E-state index contributed by atoms with van der Waals surface area (Å²) in [6.07, 6.45) is 2.01. The lowest BCUT2D eigenvalue weighted by Crippen LogP contribution is -2.13. The molecule has 0 saturated carbocycles. The number of thiocarbonyl (C=S) groups is 1. The zero-order chi connectivity index (χ0) is 15.2. The smallest absolute Gasteiger partial charge is 0.121 e. The maximum Gasteiger partial charge on any atom is 0.121 e. The predicted molar refractivity (Wildman–Crippen MR) is 95.0 cm³/mol. The maximum atomic E-state index is 5.88. The number of nitrogens with one attached hydrogen (secondary N) is 1. The van der Waals surface area contributed by atoms with Crippen molar-refractivity contribution in [3.05, 3.63) is 48.0 Å². The summed E-state index contributed by atoms with van der Waals surface area (Å²) in [5.74, 6) is 0.834. The van der Waals surface area contributed by atoms with Crippen molar-refractivity contribution in [1.82, 2.24) is 0 Å². The molecule has 3 nitrogen and oxygen atoms in total. The normalized spacial score (nSPS) is 10.2. The van der Waals surface area contributed by atoms with Crippen LogP contribution in [0, 0.1) is 0 Å². The molecule has 110 valence electrons. The average molecular weight is 318 g/mol. The van der Waals surface area contributed by atoms with Crippen molar-refractivity contribution < 1.29 is 4.74 Å². The van der Waals surface area contributed by atoms with Crippen LogP contribution in [-0.4, -0.2) is 17.9 Å². The Morgan fingerprint density at radius 3 is 2.71 bits per heavy atom. The fourth-order valence-corrected chi connectivity index (χ4v) is 2.97. The first-order valence-electron chi connectivity index (χ1n) is 6.62. The first kappa shape index (κ1) is 15.7. The molecule has 0 bridgehead atoms. The number of rotatable bonds is 6. The molecule has 2 rings (SSSR count). The zero-order valence-corrected chi connectivity index (χ0v) is 13.7. The number of thioether (sulfide) groups is 1. The van der Waals surface area contributed by atoms with Crippen LogP contribution in [0.2, 0.25) is 0 Å². The molecule has 5 heteroatoms. The molecule has 0 unspecified atom stereocenters. The Hall–Kier alpha value is -1.72. The molecule has 3 N–H and O–H groups in total. The van der Waals surface area contributed by atoms with E-state index in [9.17, 15) is 0 Å². The van der Waals surface area contributed by atoms with Crippen molar-refractivity contribution in [2.45, 2.75) is 11.8 Å². The van der Waals surface area contributed by atoms with E-state index in [0.29, 0.717) is 11.6 Å². The molecule has 0 amide bonds. The minimum absolute atomic E-state index is 0.392.